The molecule has 4 heteroatoms. The summed E-state index contributed by atoms with van der Waals surface area (Å²) < 4.78 is 7.64. The van der Waals surface area contributed by atoms with Crippen molar-refractivity contribution < 1.29 is 9.53 Å². The molecule has 1 aromatic carbocycles. The molecule has 0 saturated carbocycles. The van der Waals surface area contributed by atoms with E-state index in [0.717, 1.165) is 38.1 Å². The molecular weight excluding hydrogens is 300 g/mol. The molecule has 1 aliphatic heterocycles. The largest absolute Gasteiger partial charge is 0.377 e. The van der Waals surface area contributed by atoms with Crippen molar-refractivity contribution in [3.63, 3.8) is 0 Å². The molecule has 0 spiro atoms. The number of hydrogen-bond donors (Lipinski definition) is 0. The van der Waals surface area contributed by atoms with E-state index in [0.29, 0.717) is 18.9 Å². The highest BCUT2D eigenvalue weighted by Crippen LogP contribution is 2.23. The Morgan fingerprint density at radius 3 is 2.83 bits per heavy atom. The zero-order valence-electron chi connectivity index (χ0n) is 14.4. The Hall–Kier alpha value is -2.07. The van der Waals surface area contributed by atoms with Crippen molar-refractivity contribution in [3.05, 3.63) is 48.7 Å². The topological polar surface area (TPSA) is 34.5 Å². The van der Waals surface area contributed by atoms with Crippen molar-refractivity contribution in [2.24, 2.45) is 13.0 Å². The lowest BCUT2D eigenvalue weighted by molar-refractivity contribution is -0.132. The fourth-order valence-corrected chi connectivity index (χ4v) is 3.51. The van der Waals surface area contributed by atoms with Gasteiger partial charge < -0.3 is 14.2 Å². The Labute approximate surface area is 143 Å². The standard InChI is InChI=1S/C20H26N2O2/c1-3-12-24-15-16-8-10-22(11-9-16)20(23)13-17-14-21(2)19-7-5-4-6-18(17)19/h3-7,14,16H,1,8-13,15H2,2H3. The highest BCUT2D eigenvalue weighted by Gasteiger charge is 2.23. The lowest BCUT2D eigenvalue weighted by atomic mass is 9.97. The first-order valence-electron chi connectivity index (χ1n) is 8.68. The lowest BCUT2D eigenvalue weighted by Crippen LogP contribution is -2.40. The first-order chi connectivity index (χ1) is 11.7. The Bertz CT molecular complexity index is 711. The molecule has 1 aromatic heterocycles. The molecule has 1 fully saturated rings. The van der Waals surface area contributed by atoms with Crippen molar-refractivity contribution in [3.8, 4) is 0 Å². The summed E-state index contributed by atoms with van der Waals surface area (Å²) in [6.45, 7) is 6.73. The average Bonchev–Trinajstić information content (AvgIpc) is 2.92. The third-order valence-corrected chi connectivity index (χ3v) is 4.88. The molecule has 0 N–H and O–H groups in total. The van der Waals surface area contributed by atoms with Crippen LogP contribution in [-0.2, 0) is 23.0 Å². The van der Waals surface area contributed by atoms with E-state index < -0.39 is 0 Å². The number of fused-ring (bicyclic) bond motifs is 1. The summed E-state index contributed by atoms with van der Waals surface area (Å²) in [7, 11) is 2.03. The first kappa shape index (κ1) is 16.8. The van der Waals surface area contributed by atoms with E-state index in [9.17, 15) is 4.79 Å². The van der Waals surface area contributed by atoms with Gasteiger partial charge in [0.1, 0.15) is 0 Å². The van der Waals surface area contributed by atoms with Gasteiger partial charge in [-0.05, 0) is 30.4 Å². The van der Waals surface area contributed by atoms with E-state index in [1.165, 1.54) is 10.9 Å². The molecule has 1 aliphatic rings. The Morgan fingerprint density at radius 1 is 1.33 bits per heavy atom. The lowest BCUT2D eigenvalue weighted by Gasteiger charge is -2.32. The van der Waals surface area contributed by atoms with Gasteiger partial charge in [0, 0.05) is 43.8 Å². The number of para-hydroxylation sites is 1. The maximum absolute atomic E-state index is 12.7. The van der Waals surface area contributed by atoms with Crippen LogP contribution >= 0.6 is 0 Å². The monoisotopic (exact) mass is 326 g/mol. The van der Waals surface area contributed by atoms with Crippen LogP contribution in [0.15, 0.2) is 43.1 Å². The van der Waals surface area contributed by atoms with E-state index >= 15 is 0 Å². The molecule has 1 saturated heterocycles. The highest BCUT2D eigenvalue weighted by atomic mass is 16.5. The Kier molecular flexibility index (Phi) is 5.36. The summed E-state index contributed by atoms with van der Waals surface area (Å²) in [5, 5.41) is 1.18. The minimum Gasteiger partial charge on any atom is -0.377 e. The summed E-state index contributed by atoms with van der Waals surface area (Å²) in [5.41, 5.74) is 2.30. The second kappa shape index (κ2) is 7.67. The molecule has 4 nitrogen and oxygen atoms in total. The maximum atomic E-state index is 12.7. The number of amides is 1. The van der Waals surface area contributed by atoms with E-state index in [1.54, 1.807) is 6.08 Å². The van der Waals surface area contributed by atoms with Crippen molar-refractivity contribution in [2.75, 3.05) is 26.3 Å². The molecule has 0 unspecified atom stereocenters. The van der Waals surface area contributed by atoms with Crippen LogP contribution < -0.4 is 0 Å². The van der Waals surface area contributed by atoms with Crippen molar-refractivity contribution in [1.82, 2.24) is 9.47 Å². The number of ether oxygens (including phenoxy) is 1. The fraction of sp³-hybridized carbons (Fsp3) is 0.450. The van der Waals surface area contributed by atoms with Crippen molar-refractivity contribution >= 4 is 16.8 Å². The second-order valence-electron chi connectivity index (χ2n) is 6.61. The third kappa shape index (κ3) is 3.70. The summed E-state index contributed by atoms with van der Waals surface area (Å²) >= 11 is 0. The predicted octanol–water partition coefficient (Wildman–Crippen LogP) is 3.16. The van der Waals surface area contributed by atoms with Crippen LogP contribution in [0, 0.1) is 5.92 Å². The normalized spacial score (nSPS) is 15.8. The van der Waals surface area contributed by atoms with Gasteiger partial charge in [0.2, 0.25) is 5.91 Å². The van der Waals surface area contributed by atoms with E-state index in [2.05, 4.69) is 29.5 Å². The van der Waals surface area contributed by atoms with E-state index in [-0.39, 0.29) is 5.91 Å². The number of hydrogen-bond acceptors (Lipinski definition) is 2. The number of aromatic nitrogens is 1. The van der Waals surface area contributed by atoms with Gasteiger partial charge in [-0.25, -0.2) is 0 Å². The molecule has 0 bridgehead atoms. The van der Waals surface area contributed by atoms with Crippen molar-refractivity contribution in [1.29, 1.82) is 0 Å². The first-order valence-corrected chi connectivity index (χ1v) is 8.68. The third-order valence-electron chi connectivity index (χ3n) is 4.88. The summed E-state index contributed by atoms with van der Waals surface area (Å²) in [6, 6.07) is 8.26. The van der Waals surface area contributed by atoms with Crippen molar-refractivity contribution in [2.45, 2.75) is 19.3 Å². The van der Waals surface area contributed by atoms with Gasteiger partial charge in [-0.15, -0.1) is 6.58 Å². The summed E-state index contributed by atoms with van der Waals surface area (Å²) in [5.74, 6) is 0.795. The number of aryl methyl sites for hydroxylation is 1. The summed E-state index contributed by atoms with van der Waals surface area (Å²) in [4.78, 5) is 14.7. The zero-order chi connectivity index (χ0) is 16.9. The molecule has 24 heavy (non-hydrogen) atoms. The van der Waals surface area contributed by atoms with Crippen LogP contribution in [0.4, 0.5) is 0 Å². The molecular formula is C20H26N2O2. The number of rotatable bonds is 6. The van der Waals surface area contributed by atoms with Crippen LogP contribution in [-0.4, -0.2) is 41.7 Å². The second-order valence-corrected chi connectivity index (χ2v) is 6.61. The predicted molar refractivity (Wildman–Crippen MR) is 96.9 cm³/mol. The number of benzene rings is 1. The van der Waals surface area contributed by atoms with Gasteiger partial charge in [0.15, 0.2) is 0 Å². The van der Waals surface area contributed by atoms with E-state index in [4.69, 9.17) is 4.74 Å². The van der Waals surface area contributed by atoms with Gasteiger partial charge >= 0.3 is 0 Å². The number of piperidine rings is 1. The molecule has 128 valence electrons. The molecule has 0 radical (unpaired) electrons. The molecule has 2 aromatic rings. The minimum atomic E-state index is 0.233. The SMILES string of the molecule is C=CCOCC1CCN(C(=O)Cc2cn(C)c3ccccc23)CC1. The van der Waals surface area contributed by atoms with Crippen LogP contribution in [0.25, 0.3) is 10.9 Å². The highest BCUT2D eigenvalue weighted by molar-refractivity contribution is 5.89. The maximum Gasteiger partial charge on any atom is 0.227 e. The molecule has 0 aliphatic carbocycles. The minimum absolute atomic E-state index is 0.233. The smallest absolute Gasteiger partial charge is 0.227 e. The Morgan fingerprint density at radius 2 is 2.08 bits per heavy atom. The quantitative estimate of drug-likeness (QED) is 0.604. The molecule has 1 amide bonds. The zero-order valence-corrected chi connectivity index (χ0v) is 14.4. The van der Waals surface area contributed by atoms with Gasteiger partial charge in [0.05, 0.1) is 13.0 Å². The number of carbonyl (C=O) groups is 1. The number of likely N-dealkylation sites (tertiary alicyclic amines) is 1. The number of carbonyl (C=O) groups excluding carboxylic acids is 1. The van der Waals surface area contributed by atoms with E-state index in [1.807, 2.05) is 24.1 Å². The molecule has 0 atom stereocenters. The van der Waals surface area contributed by atoms with Gasteiger partial charge in [-0.3, -0.25) is 4.79 Å². The summed E-state index contributed by atoms with van der Waals surface area (Å²) in [6.07, 6.45) is 6.40. The van der Waals surface area contributed by atoms with Gasteiger partial charge in [0.25, 0.3) is 0 Å². The Balaban J connectivity index is 1.57. The van der Waals surface area contributed by atoms with Crippen LogP contribution in [0.3, 0.4) is 0 Å². The van der Waals surface area contributed by atoms with Crippen LogP contribution in [0.5, 0.6) is 0 Å². The number of nitrogens with zero attached hydrogens (tertiary/aromatic N) is 2. The molecule has 2 heterocycles. The van der Waals surface area contributed by atoms with Gasteiger partial charge in [-0.2, -0.15) is 0 Å². The molecule has 3 rings (SSSR count). The fourth-order valence-electron chi connectivity index (χ4n) is 3.51. The van der Waals surface area contributed by atoms with Crippen LogP contribution in [0.1, 0.15) is 18.4 Å². The average molecular weight is 326 g/mol. The van der Waals surface area contributed by atoms with Crippen LogP contribution in [0.2, 0.25) is 0 Å². The van der Waals surface area contributed by atoms with Gasteiger partial charge in [-0.1, -0.05) is 24.3 Å².